The van der Waals surface area contributed by atoms with Gasteiger partial charge >= 0.3 is 11.9 Å². The Morgan fingerprint density at radius 3 is 2.41 bits per heavy atom. The van der Waals surface area contributed by atoms with E-state index in [9.17, 15) is 9.59 Å². The third-order valence-corrected chi connectivity index (χ3v) is 2.53. The number of carbonyl (C=O) groups is 2. The summed E-state index contributed by atoms with van der Waals surface area (Å²) in [6.07, 6.45) is 5.68. The van der Waals surface area contributed by atoms with Gasteiger partial charge in [-0.2, -0.15) is 0 Å². The van der Waals surface area contributed by atoms with Crippen LogP contribution in [0.15, 0.2) is 12.2 Å². The van der Waals surface area contributed by atoms with Gasteiger partial charge in [-0.25, -0.2) is 0 Å². The minimum Gasteiger partial charge on any atom is -0.481 e. The van der Waals surface area contributed by atoms with Crippen LogP contribution in [-0.2, 0) is 14.3 Å². The van der Waals surface area contributed by atoms with Crippen LogP contribution < -0.4 is 0 Å². The van der Waals surface area contributed by atoms with E-state index >= 15 is 0 Å². The maximum absolute atomic E-state index is 11.6. The van der Waals surface area contributed by atoms with Crippen LogP contribution in [0.25, 0.3) is 0 Å². The topological polar surface area (TPSA) is 63.6 Å². The standard InChI is InChI=1S/C13H22O4/c1-4-6-7-8-11(12(14)15)10(3)13(16)17-9-5-2/h6-7,10-11H,4-5,8-9H2,1-3H3,(H,14,15). The van der Waals surface area contributed by atoms with Crippen LogP contribution in [-0.4, -0.2) is 23.7 Å². The number of aliphatic carboxylic acids is 1. The van der Waals surface area contributed by atoms with E-state index in [-0.39, 0.29) is 0 Å². The molecule has 0 spiro atoms. The third kappa shape index (κ3) is 6.09. The lowest BCUT2D eigenvalue weighted by molar-refractivity contribution is -0.156. The molecule has 0 heterocycles. The van der Waals surface area contributed by atoms with Crippen LogP contribution in [0.4, 0.5) is 0 Å². The first-order valence-corrected chi connectivity index (χ1v) is 6.08. The molecular weight excluding hydrogens is 220 g/mol. The summed E-state index contributed by atoms with van der Waals surface area (Å²) in [5.74, 6) is -2.70. The number of carboxylic acid groups (broad SMARTS) is 1. The summed E-state index contributed by atoms with van der Waals surface area (Å²) in [5.41, 5.74) is 0. The van der Waals surface area contributed by atoms with E-state index in [0.29, 0.717) is 13.0 Å². The Labute approximate surface area is 103 Å². The monoisotopic (exact) mass is 242 g/mol. The number of hydrogen-bond donors (Lipinski definition) is 1. The molecule has 0 aliphatic rings. The largest absolute Gasteiger partial charge is 0.481 e. The molecular formula is C13H22O4. The molecule has 4 heteroatoms. The minimum atomic E-state index is -0.952. The summed E-state index contributed by atoms with van der Waals surface area (Å²) in [6.45, 7) is 5.83. The Kier molecular flexibility index (Phi) is 8.11. The number of hydrogen-bond acceptors (Lipinski definition) is 3. The summed E-state index contributed by atoms with van der Waals surface area (Å²) < 4.78 is 4.96. The van der Waals surface area contributed by atoms with Crippen molar-refractivity contribution in [1.29, 1.82) is 0 Å². The highest BCUT2D eigenvalue weighted by Crippen LogP contribution is 2.18. The van der Waals surface area contributed by atoms with Gasteiger partial charge in [0.25, 0.3) is 0 Å². The van der Waals surface area contributed by atoms with Crippen LogP contribution in [0.3, 0.4) is 0 Å². The number of allylic oxidation sites excluding steroid dienone is 2. The summed E-state index contributed by atoms with van der Waals surface area (Å²) >= 11 is 0. The van der Waals surface area contributed by atoms with Crippen molar-refractivity contribution in [1.82, 2.24) is 0 Å². The lowest BCUT2D eigenvalue weighted by atomic mass is 9.91. The Balaban J connectivity index is 4.42. The second kappa shape index (κ2) is 8.79. The Bertz CT molecular complexity index is 271. The van der Waals surface area contributed by atoms with Crippen molar-refractivity contribution in [3.8, 4) is 0 Å². The molecule has 0 amide bonds. The second-order valence-corrected chi connectivity index (χ2v) is 4.02. The van der Waals surface area contributed by atoms with Crippen molar-refractivity contribution in [2.45, 2.75) is 40.0 Å². The van der Waals surface area contributed by atoms with Crippen LogP contribution in [0.2, 0.25) is 0 Å². The van der Waals surface area contributed by atoms with E-state index in [4.69, 9.17) is 9.84 Å². The van der Waals surface area contributed by atoms with Crippen molar-refractivity contribution in [3.63, 3.8) is 0 Å². The smallest absolute Gasteiger partial charge is 0.309 e. The summed E-state index contributed by atoms with van der Waals surface area (Å²) in [7, 11) is 0. The average molecular weight is 242 g/mol. The van der Waals surface area contributed by atoms with Gasteiger partial charge in [-0.05, 0) is 19.3 Å². The highest BCUT2D eigenvalue weighted by Gasteiger charge is 2.29. The van der Waals surface area contributed by atoms with Crippen molar-refractivity contribution in [2.24, 2.45) is 11.8 Å². The molecule has 2 atom stereocenters. The highest BCUT2D eigenvalue weighted by molar-refractivity contribution is 5.80. The molecule has 98 valence electrons. The van der Waals surface area contributed by atoms with Gasteiger partial charge in [-0.3, -0.25) is 9.59 Å². The van der Waals surface area contributed by atoms with Crippen molar-refractivity contribution < 1.29 is 19.4 Å². The fourth-order valence-corrected chi connectivity index (χ4v) is 1.43. The number of rotatable bonds is 8. The van der Waals surface area contributed by atoms with E-state index in [1.165, 1.54) is 0 Å². The zero-order valence-corrected chi connectivity index (χ0v) is 10.8. The van der Waals surface area contributed by atoms with Crippen LogP contribution in [0, 0.1) is 11.8 Å². The van der Waals surface area contributed by atoms with Gasteiger partial charge in [-0.1, -0.05) is 32.9 Å². The number of carboxylic acids is 1. The predicted molar refractivity (Wildman–Crippen MR) is 65.6 cm³/mol. The Hall–Kier alpha value is -1.32. The summed E-state index contributed by atoms with van der Waals surface area (Å²) in [4.78, 5) is 22.6. The number of carbonyl (C=O) groups excluding carboxylic acids is 1. The van der Waals surface area contributed by atoms with Crippen LogP contribution in [0.1, 0.15) is 40.0 Å². The van der Waals surface area contributed by atoms with E-state index in [2.05, 4.69) is 0 Å². The zero-order chi connectivity index (χ0) is 13.3. The maximum atomic E-state index is 11.6. The fraction of sp³-hybridized carbons (Fsp3) is 0.692. The molecule has 2 unspecified atom stereocenters. The normalized spacial score (nSPS) is 14.5. The van der Waals surface area contributed by atoms with Gasteiger partial charge < -0.3 is 9.84 Å². The molecule has 0 saturated carbocycles. The fourth-order valence-electron chi connectivity index (χ4n) is 1.43. The Morgan fingerprint density at radius 2 is 1.94 bits per heavy atom. The number of ether oxygens (including phenoxy) is 1. The number of esters is 1. The van der Waals surface area contributed by atoms with Gasteiger partial charge in [-0.15, -0.1) is 0 Å². The second-order valence-electron chi connectivity index (χ2n) is 4.02. The van der Waals surface area contributed by atoms with E-state index in [1.54, 1.807) is 6.92 Å². The van der Waals surface area contributed by atoms with Crippen molar-refractivity contribution >= 4 is 11.9 Å². The highest BCUT2D eigenvalue weighted by atomic mass is 16.5. The van der Waals surface area contributed by atoms with Crippen molar-refractivity contribution in [3.05, 3.63) is 12.2 Å². The zero-order valence-electron chi connectivity index (χ0n) is 10.8. The molecule has 0 fully saturated rings. The van der Waals surface area contributed by atoms with Gasteiger partial charge in [0.15, 0.2) is 0 Å². The lowest BCUT2D eigenvalue weighted by Crippen LogP contribution is -2.29. The molecule has 0 rings (SSSR count). The third-order valence-electron chi connectivity index (χ3n) is 2.53. The quantitative estimate of drug-likeness (QED) is 0.525. The molecule has 0 aromatic rings. The summed E-state index contributed by atoms with van der Waals surface area (Å²) in [5, 5.41) is 9.08. The molecule has 4 nitrogen and oxygen atoms in total. The average Bonchev–Trinajstić information content (AvgIpc) is 2.30. The van der Waals surface area contributed by atoms with Crippen molar-refractivity contribution in [2.75, 3.05) is 6.61 Å². The predicted octanol–water partition coefficient (Wildman–Crippen LogP) is 2.63. The first-order valence-electron chi connectivity index (χ1n) is 6.08. The van der Waals surface area contributed by atoms with E-state index < -0.39 is 23.8 Å². The molecule has 17 heavy (non-hydrogen) atoms. The molecule has 0 bridgehead atoms. The van der Waals surface area contributed by atoms with E-state index in [1.807, 2.05) is 26.0 Å². The summed E-state index contributed by atoms with van der Waals surface area (Å²) in [6, 6.07) is 0. The van der Waals surface area contributed by atoms with Gasteiger partial charge in [0.05, 0.1) is 18.4 Å². The van der Waals surface area contributed by atoms with Crippen LogP contribution in [0.5, 0.6) is 0 Å². The molecule has 0 aliphatic heterocycles. The molecule has 0 aromatic carbocycles. The molecule has 0 aliphatic carbocycles. The minimum absolute atomic E-state index is 0.348. The molecule has 0 aromatic heterocycles. The maximum Gasteiger partial charge on any atom is 0.309 e. The van der Waals surface area contributed by atoms with Gasteiger partial charge in [0.2, 0.25) is 0 Å². The molecule has 0 radical (unpaired) electrons. The molecule has 0 saturated heterocycles. The Morgan fingerprint density at radius 1 is 1.29 bits per heavy atom. The molecule has 1 N–H and O–H groups in total. The first kappa shape index (κ1) is 15.7. The van der Waals surface area contributed by atoms with Crippen LogP contribution >= 0.6 is 0 Å². The van der Waals surface area contributed by atoms with E-state index in [0.717, 1.165) is 12.8 Å². The lowest BCUT2D eigenvalue weighted by Gasteiger charge is -2.17. The SMILES string of the molecule is CCC=CCC(C(=O)O)C(C)C(=O)OCCC. The van der Waals surface area contributed by atoms with Gasteiger partial charge in [0, 0.05) is 0 Å². The first-order chi connectivity index (χ1) is 8.04. The van der Waals surface area contributed by atoms with Gasteiger partial charge in [0.1, 0.15) is 0 Å².